The summed E-state index contributed by atoms with van der Waals surface area (Å²) in [4.78, 5) is 22.0. The van der Waals surface area contributed by atoms with Crippen molar-refractivity contribution in [2.75, 3.05) is 31.1 Å². The third kappa shape index (κ3) is 5.30. The van der Waals surface area contributed by atoms with E-state index in [-0.39, 0.29) is 12.5 Å². The maximum Gasteiger partial charge on any atom is 0.239 e. The number of nitrogens with zero attached hydrogens (tertiary/aromatic N) is 3. The van der Waals surface area contributed by atoms with E-state index in [2.05, 4.69) is 15.3 Å². The predicted octanol–water partition coefficient (Wildman–Crippen LogP) is 1.63. The van der Waals surface area contributed by atoms with Crippen LogP contribution in [0.3, 0.4) is 0 Å². The summed E-state index contributed by atoms with van der Waals surface area (Å²) in [5.41, 5.74) is 0. The van der Waals surface area contributed by atoms with E-state index >= 15 is 0 Å². The highest BCUT2D eigenvalue weighted by molar-refractivity contribution is 6.29. The Morgan fingerprint density at radius 2 is 2.15 bits per heavy atom. The first kappa shape index (κ1) is 16.7. The number of rotatable bonds is 8. The van der Waals surface area contributed by atoms with Crippen LogP contribution in [-0.4, -0.2) is 42.1 Å². The number of nitrogens with one attached hydrogen (secondary N) is 1. The molecule has 1 N–H and O–H groups in total. The molecule has 112 valence electrons. The minimum atomic E-state index is -0.0459. The number of hydrogen-bond acceptors (Lipinski definition) is 5. The summed E-state index contributed by atoms with van der Waals surface area (Å²) in [6.45, 7) is 8.14. The van der Waals surface area contributed by atoms with E-state index in [1.54, 1.807) is 6.07 Å². The maximum absolute atomic E-state index is 11.7. The highest BCUT2D eigenvalue weighted by Crippen LogP contribution is 2.16. The first-order valence-electron chi connectivity index (χ1n) is 6.73. The van der Waals surface area contributed by atoms with Gasteiger partial charge in [0.15, 0.2) is 5.82 Å². The van der Waals surface area contributed by atoms with Gasteiger partial charge in [-0.2, -0.15) is 0 Å². The second-order valence-electron chi connectivity index (χ2n) is 4.07. The lowest BCUT2D eigenvalue weighted by Gasteiger charge is -2.21. The largest absolute Gasteiger partial charge is 0.374 e. The summed E-state index contributed by atoms with van der Waals surface area (Å²) in [5.74, 6) is 1.10. The van der Waals surface area contributed by atoms with Gasteiger partial charge in [-0.15, -0.1) is 0 Å². The standard InChI is InChI=1S/C13H21ClN4O2/c1-4-15-13(19)8-18(5-2)12-7-10(14)16-11(17-12)9-20-6-3/h7H,4-6,8-9H2,1-3H3,(H,15,19). The van der Waals surface area contributed by atoms with E-state index in [0.717, 1.165) is 0 Å². The maximum atomic E-state index is 11.7. The lowest BCUT2D eigenvalue weighted by atomic mass is 10.4. The molecular weight excluding hydrogens is 280 g/mol. The highest BCUT2D eigenvalue weighted by atomic mass is 35.5. The molecule has 0 saturated heterocycles. The third-order valence-corrected chi connectivity index (χ3v) is 2.77. The van der Waals surface area contributed by atoms with Crippen LogP contribution in [0.2, 0.25) is 5.15 Å². The van der Waals surface area contributed by atoms with Gasteiger partial charge < -0.3 is 15.0 Å². The van der Waals surface area contributed by atoms with Crippen LogP contribution in [0.1, 0.15) is 26.6 Å². The van der Waals surface area contributed by atoms with E-state index < -0.39 is 0 Å². The number of ether oxygens (including phenoxy) is 1. The minimum absolute atomic E-state index is 0.0459. The van der Waals surface area contributed by atoms with E-state index in [9.17, 15) is 4.79 Å². The van der Waals surface area contributed by atoms with Gasteiger partial charge in [-0.3, -0.25) is 4.79 Å². The van der Waals surface area contributed by atoms with E-state index in [1.807, 2.05) is 25.7 Å². The summed E-state index contributed by atoms with van der Waals surface area (Å²) in [6.07, 6.45) is 0. The molecule has 0 aromatic carbocycles. The number of likely N-dealkylation sites (N-methyl/N-ethyl adjacent to an activating group) is 2. The summed E-state index contributed by atoms with van der Waals surface area (Å²) in [7, 11) is 0. The van der Waals surface area contributed by atoms with Crippen molar-refractivity contribution >= 4 is 23.3 Å². The summed E-state index contributed by atoms with van der Waals surface area (Å²) < 4.78 is 5.28. The van der Waals surface area contributed by atoms with Gasteiger partial charge in [0.1, 0.15) is 17.6 Å². The van der Waals surface area contributed by atoms with Crippen LogP contribution < -0.4 is 10.2 Å². The fraction of sp³-hybridized carbons (Fsp3) is 0.615. The van der Waals surface area contributed by atoms with Crippen molar-refractivity contribution in [1.29, 1.82) is 0 Å². The molecule has 1 rings (SSSR count). The van der Waals surface area contributed by atoms with Crippen LogP contribution in [0, 0.1) is 0 Å². The number of aromatic nitrogens is 2. The van der Waals surface area contributed by atoms with Gasteiger partial charge in [0.2, 0.25) is 5.91 Å². The van der Waals surface area contributed by atoms with Crippen molar-refractivity contribution in [2.45, 2.75) is 27.4 Å². The molecule has 0 saturated carbocycles. The quantitative estimate of drug-likeness (QED) is 0.739. The van der Waals surface area contributed by atoms with E-state index in [0.29, 0.717) is 43.1 Å². The summed E-state index contributed by atoms with van der Waals surface area (Å²) >= 11 is 5.99. The molecule has 1 heterocycles. The Labute approximate surface area is 124 Å². The van der Waals surface area contributed by atoms with Crippen LogP contribution in [0.25, 0.3) is 0 Å². The Balaban J connectivity index is 2.85. The molecule has 1 amide bonds. The first-order chi connectivity index (χ1) is 9.60. The zero-order valence-electron chi connectivity index (χ0n) is 12.1. The molecule has 6 nitrogen and oxygen atoms in total. The van der Waals surface area contributed by atoms with Crippen molar-refractivity contribution in [2.24, 2.45) is 0 Å². The number of hydrogen-bond donors (Lipinski definition) is 1. The zero-order chi connectivity index (χ0) is 15.0. The molecule has 20 heavy (non-hydrogen) atoms. The predicted molar refractivity (Wildman–Crippen MR) is 78.9 cm³/mol. The van der Waals surface area contributed by atoms with Crippen molar-refractivity contribution in [1.82, 2.24) is 15.3 Å². The molecule has 0 bridgehead atoms. The Morgan fingerprint density at radius 3 is 2.75 bits per heavy atom. The lowest BCUT2D eigenvalue weighted by Crippen LogP contribution is -2.37. The molecule has 1 aromatic rings. The van der Waals surface area contributed by atoms with Crippen LogP contribution in [-0.2, 0) is 16.1 Å². The minimum Gasteiger partial charge on any atom is -0.374 e. The van der Waals surface area contributed by atoms with Crippen LogP contribution in [0.15, 0.2) is 6.07 Å². The molecule has 0 radical (unpaired) electrons. The molecule has 1 aromatic heterocycles. The van der Waals surface area contributed by atoms with Gasteiger partial charge in [-0.05, 0) is 20.8 Å². The zero-order valence-corrected chi connectivity index (χ0v) is 12.9. The fourth-order valence-electron chi connectivity index (χ4n) is 1.65. The van der Waals surface area contributed by atoms with Crippen LogP contribution in [0.5, 0.6) is 0 Å². The Kier molecular flexibility index (Phi) is 7.25. The number of carbonyl (C=O) groups is 1. The van der Waals surface area contributed by atoms with Gasteiger partial charge in [-0.1, -0.05) is 11.6 Å². The second kappa shape index (κ2) is 8.71. The number of halogens is 1. The number of amides is 1. The molecule has 0 aliphatic carbocycles. The van der Waals surface area contributed by atoms with Gasteiger partial charge in [0.05, 0.1) is 6.54 Å². The molecular formula is C13H21ClN4O2. The average Bonchev–Trinajstić information content (AvgIpc) is 2.42. The topological polar surface area (TPSA) is 67.4 Å². The summed E-state index contributed by atoms with van der Waals surface area (Å²) in [5, 5.41) is 3.11. The average molecular weight is 301 g/mol. The summed E-state index contributed by atoms with van der Waals surface area (Å²) in [6, 6.07) is 1.65. The molecule has 0 aliphatic heterocycles. The van der Waals surface area contributed by atoms with E-state index in [4.69, 9.17) is 16.3 Å². The van der Waals surface area contributed by atoms with Crippen molar-refractivity contribution in [3.8, 4) is 0 Å². The molecule has 0 aliphatic rings. The SMILES string of the molecule is CCNC(=O)CN(CC)c1cc(Cl)nc(COCC)n1. The van der Waals surface area contributed by atoms with Crippen molar-refractivity contribution in [3.05, 3.63) is 17.0 Å². The number of carbonyl (C=O) groups excluding carboxylic acids is 1. The molecule has 0 fully saturated rings. The molecule has 0 unspecified atom stereocenters. The van der Waals surface area contributed by atoms with Gasteiger partial charge in [-0.25, -0.2) is 9.97 Å². The Bertz CT molecular complexity index is 442. The normalized spacial score (nSPS) is 10.4. The van der Waals surface area contributed by atoms with Gasteiger partial charge in [0, 0.05) is 25.8 Å². The third-order valence-electron chi connectivity index (χ3n) is 2.58. The van der Waals surface area contributed by atoms with Gasteiger partial charge >= 0.3 is 0 Å². The Morgan fingerprint density at radius 1 is 1.40 bits per heavy atom. The van der Waals surface area contributed by atoms with Gasteiger partial charge in [0.25, 0.3) is 0 Å². The Hall–Kier alpha value is -1.40. The monoisotopic (exact) mass is 300 g/mol. The van der Waals surface area contributed by atoms with E-state index in [1.165, 1.54) is 0 Å². The molecule has 7 heteroatoms. The first-order valence-corrected chi connectivity index (χ1v) is 7.11. The second-order valence-corrected chi connectivity index (χ2v) is 4.46. The highest BCUT2D eigenvalue weighted by Gasteiger charge is 2.13. The molecule has 0 atom stereocenters. The number of anilines is 1. The molecule has 0 spiro atoms. The van der Waals surface area contributed by atoms with Crippen LogP contribution in [0.4, 0.5) is 5.82 Å². The fourth-order valence-corrected chi connectivity index (χ4v) is 1.85. The van der Waals surface area contributed by atoms with Crippen molar-refractivity contribution in [3.63, 3.8) is 0 Å². The lowest BCUT2D eigenvalue weighted by molar-refractivity contribution is -0.119. The van der Waals surface area contributed by atoms with Crippen LogP contribution >= 0.6 is 11.6 Å². The van der Waals surface area contributed by atoms with Crippen molar-refractivity contribution < 1.29 is 9.53 Å². The smallest absolute Gasteiger partial charge is 0.239 e.